The number of halogens is 2. The van der Waals surface area contributed by atoms with E-state index in [1.165, 1.54) is 0 Å². The Morgan fingerprint density at radius 1 is 1.33 bits per heavy atom. The molecular weight excluding hydrogens is 322 g/mol. The second kappa shape index (κ2) is 5.79. The van der Waals surface area contributed by atoms with Gasteiger partial charge in [0.15, 0.2) is 5.76 Å². The summed E-state index contributed by atoms with van der Waals surface area (Å²) in [6, 6.07) is 5.87. The second-order valence-corrected chi connectivity index (χ2v) is 4.99. The van der Waals surface area contributed by atoms with Gasteiger partial charge in [-0.3, -0.25) is 4.79 Å². The van der Waals surface area contributed by atoms with Crippen molar-refractivity contribution in [2.45, 2.75) is 12.5 Å². The molecule has 1 aromatic heterocycles. The van der Waals surface area contributed by atoms with E-state index in [9.17, 15) is 23.9 Å². The molecule has 1 aliphatic rings. The van der Waals surface area contributed by atoms with E-state index in [0.717, 1.165) is 24.3 Å². The maximum atomic E-state index is 14.2. The lowest BCUT2D eigenvalue weighted by Crippen LogP contribution is -2.26. The summed E-state index contributed by atoms with van der Waals surface area (Å²) in [5.74, 6) is -4.53. The van der Waals surface area contributed by atoms with Gasteiger partial charge in [0.2, 0.25) is 17.1 Å². The van der Waals surface area contributed by atoms with Crippen molar-refractivity contribution >= 4 is 0 Å². The molecule has 0 spiro atoms. The van der Waals surface area contributed by atoms with E-state index >= 15 is 0 Å². The molecule has 0 saturated heterocycles. The molecule has 2 aromatic rings. The molecular formula is C16H10F2N2O4. The van der Waals surface area contributed by atoms with Crippen molar-refractivity contribution < 1.29 is 23.0 Å². The molecule has 1 atom stereocenters. The number of ether oxygens (including phenoxy) is 1. The highest BCUT2D eigenvalue weighted by molar-refractivity contribution is 5.52. The van der Waals surface area contributed by atoms with Gasteiger partial charge >= 0.3 is 0 Å². The fourth-order valence-electron chi connectivity index (χ4n) is 2.54. The van der Waals surface area contributed by atoms with E-state index in [0.29, 0.717) is 0 Å². The summed E-state index contributed by atoms with van der Waals surface area (Å²) in [7, 11) is 0. The summed E-state index contributed by atoms with van der Waals surface area (Å²) in [6.07, 6.45) is 0. The lowest BCUT2D eigenvalue weighted by atomic mass is 9.86. The fourth-order valence-corrected chi connectivity index (χ4v) is 2.54. The maximum absolute atomic E-state index is 14.2. The second-order valence-electron chi connectivity index (χ2n) is 4.99. The molecule has 0 bridgehead atoms. The number of nitrogens with two attached hydrogens (primary N) is 1. The average Bonchev–Trinajstić information content (AvgIpc) is 2.55. The van der Waals surface area contributed by atoms with Gasteiger partial charge in [-0.2, -0.15) is 5.26 Å². The van der Waals surface area contributed by atoms with Crippen molar-refractivity contribution in [3.05, 3.63) is 74.7 Å². The van der Waals surface area contributed by atoms with Gasteiger partial charge < -0.3 is 20.0 Å². The molecule has 0 fully saturated rings. The maximum Gasteiger partial charge on any atom is 0.228 e. The van der Waals surface area contributed by atoms with E-state index in [-0.39, 0.29) is 22.8 Å². The number of nitrogens with zero attached hydrogens (tertiary/aromatic N) is 1. The number of benzene rings is 1. The molecule has 0 saturated carbocycles. The van der Waals surface area contributed by atoms with Gasteiger partial charge in [-0.15, -0.1) is 0 Å². The fraction of sp³-hybridized carbons (Fsp3) is 0.125. The van der Waals surface area contributed by atoms with Crippen LogP contribution in [0.3, 0.4) is 0 Å². The monoisotopic (exact) mass is 332 g/mol. The van der Waals surface area contributed by atoms with Crippen LogP contribution in [-0.2, 0) is 6.61 Å². The number of hydrogen-bond donors (Lipinski definition) is 2. The van der Waals surface area contributed by atoms with Crippen LogP contribution >= 0.6 is 0 Å². The Morgan fingerprint density at radius 3 is 2.58 bits per heavy atom. The Hall–Kier alpha value is -3.18. The minimum Gasteiger partial charge on any atom is -0.458 e. The first-order valence-corrected chi connectivity index (χ1v) is 6.77. The highest BCUT2D eigenvalue weighted by Gasteiger charge is 2.38. The van der Waals surface area contributed by atoms with Crippen LogP contribution in [0.1, 0.15) is 23.0 Å². The molecule has 0 radical (unpaired) electrons. The molecule has 1 unspecified atom stereocenters. The van der Waals surface area contributed by atoms with Crippen LogP contribution in [0.4, 0.5) is 8.78 Å². The van der Waals surface area contributed by atoms with Crippen LogP contribution in [0.25, 0.3) is 0 Å². The molecule has 0 amide bonds. The average molecular weight is 332 g/mol. The van der Waals surface area contributed by atoms with Crippen molar-refractivity contribution in [3.63, 3.8) is 0 Å². The zero-order valence-electron chi connectivity index (χ0n) is 12.0. The third-order valence-electron chi connectivity index (χ3n) is 3.57. The predicted octanol–water partition coefficient (Wildman–Crippen LogP) is 1.63. The molecule has 6 nitrogen and oxygen atoms in total. The summed E-state index contributed by atoms with van der Waals surface area (Å²) in [6.45, 7) is -0.615. The smallest absolute Gasteiger partial charge is 0.228 e. The number of nitriles is 1. The third kappa shape index (κ3) is 2.31. The van der Waals surface area contributed by atoms with Gasteiger partial charge in [0.25, 0.3) is 0 Å². The Bertz CT molecular complexity index is 939. The van der Waals surface area contributed by atoms with Crippen molar-refractivity contribution in [1.82, 2.24) is 0 Å². The van der Waals surface area contributed by atoms with Gasteiger partial charge in [0.05, 0.1) is 5.92 Å². The summed E-state index contributed by atoms with van der Waals surface area (Å²) < 4.78 is 38.9. The number of aliphatic hydroxyl groups is 1. The molecule has 24 heavy (non-hydrogen) atoms. The first-order chi connectivity index (χ1) is 11.5. The Kier molecular flexibility index (Phi) is 3.79. The highest BCUT2D eigenvalue weighted by Crippen LogP contribution is 2.42. The van der Waals surface area contributed by atoms with E-state index in [1.54, 1.807) is 6.07 Å². The SMILES string of the molecule is N#CC1=C(N)Oc2c(oc(CO)cc2=O)C1c1c(F)cccc1F. The molecule has 122 valence electrons. The Labute approximate surface area is 134 Å². The lowest BCUT2D eigenvalue weighted by Gasteiger charge is -2.25. The zero-order valence-corrected chi connectivity index (χ0v) is 12.0. The lowest BCUT2D eigenvalue weighted by molar-refractivity contribution is 0.231. The molecule has 3 N–H and O–H groups in total. The molecule has 8 heteroatoms. The van der Waals surface area contributed by atoms with Crippen molar-refractivity contribution in [1.29, 1.82) is 5.26 Å². The number of hydrogen-bond acceptors (Lipinski definition) is 6. The van der Waals surface area contributed by atoms with E-state index in [4.69, 9.17) is 14.9 Å². The van der Waals surface area contributed by atoms with Gasteiger partial charge in [0.1, 0.15) is 35.6 Å². The number of aliphatic hydroxyl groups excluding tert-OH is 1. The largest absolute Gasteiger partial charge is 0.458 e. The summed E-state index contributed by atoms with van der Waals surface area (Å²) in [5, 5.41) is 18.5. The molecule has 1 aromatic carbocycles. The van der Waals surface area contributed by atoms with E-state index in [2.05, 4.69) is 0 Å². The van der Waals surface area contributed by atoms with Crippen LogP contribution in [0.15, 0.2) is 44.9 Å². The minimum atomic E-state index is -1.40. The topological polar surface area (TPSA) is 109 Å². The van der Waals surface area contributed by atoms with Crippen LogP contribution in [-0.4, -0.2) is 5.11 Å². The minimum absolute atomic E-state index is 0.137. The van der Waals surface area contributed by atoms with Crippen molar-refractivity contribution in [2.24, 2.45) is 5.73 Å². The van der Waals surface area contributed by atoms with Crippen LogP contribution in [0.5, 0.6) is 5.75 Å². The Morgan fingerprint density at radius 2 is 2.00 bits per heavy atom. The van der Waals surface area contributed by atoms with Crippen molar-refractivity contribution in [2.75, 3.05) is 0 Å². The first-order valence-electron chi connectivity index (χ1n) is 6.77. The molecule has 3 rings (SSSR count). The highest BCUT2D eigenvalue weighted by atomic mass is 19.1. The van der Waals surface area contributed by atoms with Crippen LogP contribution in [0, 0.1) is 23.0 Å². The van der Waals surface area contributed by atoms with Gasteiger partial charge in [-0.05, 0) is 12.1 Å². The number of fused-ring (bicyclic) bond motifs is 1. The number of allylic oxidation sites excluding steroid dienone is 1. The summed E-state index contributed by atoms with van der Waals surface area (Å²) in [5.41, 5.74) is 4.14. The Balaban J connectivity index is 2.38. The van der Waals surface area contributed by atoms with Crippen LogP contribution < -0.4 is 15.9 Å². The normalized spacial score (nSPS) is 16.3. The summed E-state index contributed by atoms with van der Waals surface area (Å²) >= 11 is 0. The number of rotatable bonds is 2. The van der Waals surface area contributed by atoms with Gasteiger partial charge in [-0.1, -0.05) is 6.07 Å². The van der Waals surface area contributed by atoms with E-state index < -0.39 is 41.0 Å². The molecule has 1 aliphatic heterocycles. The van der Waals surface area contributed by atoms with Gasteiger partial charge in [-0.25, -0.2) is 8.78 Å². The van der Waals surface area contributed by atoms with E-state index in [1.807, 2.05) is 0 Å². The summed E-state index contributed by atoms with van der Waals surface area (Å²) in [4.78, 5) is 12.1. The zero-order chi connectivity index (χ0) is 17.4. The molecule has 2 heterocycles. The molecule has 0 aliphatic carbocycles. The van der Waals surface area contributed by atoms with Crippen molar-refractivity contribution in [3.8, 4) is 11.8 Å². The standard InChI is InChI=1S/C16H10F2N2O4/c17-9-2-1-3-10(18)13(9)12-8(5-19)16(20)24-14-11(22)4-7(6-21)23-15(12)14/h1-4,12,21H,6,20H2. The van der Waals surface area contributed by atoms with Crippen LogP contribution in [0.2, 0.25) is 0 Å². The third-order valence-corrected chi connectivity index (χ3v) is 3.57. The van der Waals surface area contributed by atoms with Gasteiger partial charge in [0, 0.05) is 11.6 Å². The predicted molar refractivity (Wildman–Crippen MR) is 76.6 cm³/mol. The quantitative estimate of drug-likeness (QED) is 0.865. The first kappa shape index (κ1) is 15.7.